The molecule has 0 bridgehead atoms. The van der Waals surface area contributed by atoms with E-state index in [0.717, 1.165) is 0 Å². The van der Waals surface area contributed by atoms with Crippen LogP contribution < -0.4 is 10.5 Å². The minimum atomic E-state index is -2.93. The Bertz CT molecular complexity index is 385. The monoisotopic (exact) mass is 245 g/mol. The molecule has 94 valence electrons. The topological polar surface area (TPSA) is 72.6 Å². The Hall–Kier alpha value is -1.69. The van der Waals surface area contributed by atoms with E-state index in [2.05, 4.69) is 4.74 Å². The largest absolute Gasteiger partial charge is 0.481 e. The molecule has 0 aliphatic heterocycles. The molecule has 0 saturated carbocycles. The summed E-state index contributed by atoms with van der Waals surface area (Å²) in [5, 5.41) is 8.52. The van der Waals surface area contributed by atoms with E-state index in [1.807, 2.05) is 0 Å². The molecule has 1 atom stereocenters. The third kappa shape index (κ3) is 4.36. The van der Waals surface area contributed by atoms with Gasteiger partial charge in [0.15, 0.2) is 0 Å². The van der Waals surface area contributed by atoms with Crippen molar-refractivity contribution in [2.45, 2.75) is 25.5 Å². The van der Waals surface area contributed by atoms with Gasteiger partial charge in [-0.3, -0.25) is 4.79 Å². The number of benzene rings is 1. The highest BCUT2D eigenvalue weighted by Gasteiger charge is 2.15. The normalized spacial score (nSPS) is 12.5. The number of para-hydroxylation sites is 1. The van der Waals surface area contributed by atoms with Gasteiger partial charge in [-0.25, -0.2) is 0 Å². The van der Waals surface area contributed by atoms with Crippen molar-refractivity contribution < 1.29 is 23.4 Å². The van der Waals surface area contributed by atoms with E-state index in [9.17, 15) is 13.6 Å². The summed E-state index contributed by atoms with van der Waals surface area (Å²) in [7, 11) is 0. The first-order chi connectivity index (χ1) is 8.00. The van der Waals surface area contributed by atoms with Gasteiger partial charge in [0.1, 0.15) is 5.75 Å². The number of carboxylic acids is 1. The van der Waals surface area contributed by atoms with Gasteiger partial charge in [0.25, 0.3) is 0 Å². The third-order valence-electron chi connectivity index (χ3n) is 2.20. The Kier molecular flexibility index (Phi) is 4.84. The van der Waals surface area contributed by atoms with Gasteiger partial charge in [0.2, 0.25) is 0 Å². The van der Waals surface area contributed by atoms with Crippen molar-refractivity contribution in [3.63, 3.8) is 0 Å². The Morgan fingerprint density at radius 1 is 1.41 bits per heavy atom. The van der Waals surface area contributed by atoms with Gasteiger partial charge in [0.05, 0.1) is 0 Å². The highest BCUT2D eigenvalue weighted by molar-refractivity contribution is 5.66. The zero-order valence-corrected chi connectivity index (χ0v) is 8.98. The second-order valence-electron chi connectivity index (χ2n) is 3.46. The fraction of sp³-hybridized carbons (Fsp3) is 0.364. The maximum absolute atomic E-state index is 12.1. The smallest absolute Gasteiger partial charge is 0.387 e. The van der Waals surface area contributed by atoms with Crippen LogP contribution in [0.15, 0.2) is 24.3 Å². The molecule has 3 N–H and O–H groups in total. The van der Waals surface area contributed by atoms with Crippen molar-refractivity contribution in [1.29, 1.82) is 0 Å². The Morgan fingerprint density at radius 3 is 2.65 bits per heavy atom. The second-order valence-corrected chi connectivity index (χ2v) is 3.46. The Labute approximate surface area is 97.0 Å². The van der Waals surface area contributed by atoms with Crippen LogP contribution in [0, 0.1) is 0 Å². The van der Waals surface area contributed by atoms with Crippen molar-refractivity contribution in [3.8, 4) is 5.75 Å². The minimum absolute atomic E-state index is 0.0135. The molecular weight excluding hydrogens is 232 g/mol. The number of carboxylic acid groups (broad SMARTS) is 1. The van der Waals surface area contributed by atoms with E-state index < -0.39 is 18.6 Å². The van der Waals surface area contributed by atoms with E-state index in [1.165, 1.54) is 6.07 Å². The lowest BCUT2D eigenvalue weighted by molar-refractivity contribution is -0.137. The van der Waals surface area contributed by atoms with Crippen LogP contribution in [-0.4, -0.2) is 17.7 Å². The predicted molar refractivity (Wildman–Crippen MR) is 56.9 cm³/mol. The molecule has 0 fully saturated rings. The average molecular weight is 245 g/mol. The summed E-state index contributed by atoms with van der Waals surface area (Å²) in [5.74, 6) is -0.993. The highest BCUT2D eigenvalue weighted by Crippen LogP contribution is 2.27. The second kappa shape index (κ2) is 6.15. The number of hydrogen-bond acceptors (Lipinski definition) is 3. The lowest BCUT2D eigenvalue weighted by Gasteiger charge is -2.15. The van der Waals surface area contributed by atoms with Crippen LogP contribution in [0.2, 0.25) is 0 Å². The maximum Gasteiger partial charge on any atom is 0.387 e. The lowest BCUT2D eigenvalue weighted by Crippen LogP contribution is -2.15. The molecule has 0 aromatic heterocycles. The number of ether oxygens (including phenoxy) is 1. The van der Waals surface area contributed by atoms with Crippen molar-refractivity contribution >= 4 is 5.97 Å². The molecule has 0 heterocycles. The van der Waals surface area contributed by atoms with Crippen molar-refractivity contribution in [2.75, 3.05) is 0 Å². The number of halogens is 2. The van der Waals surface area contributed by atoms with Crippen LogP contribution in [0.1, 0.15) is 24.4 Å². The Morgan fingerprint density at radius 2 is 2.06 bits per heavy atom. The fourth-order valence-corrected chi connectivity index (χ4v) is 1.42. The Balaban J connectivity index is 2.77. The van der Waals surface area contributed by atoms with Gasteiger partial charge in [-0.2, -0.15) is 8.78 Å². The highest BCUT2D eigenvalue weighted by atomic mass is 19.3. The number of rotatable bonds is 6. The zero-order valence-electron chi connectivity index (χ0n) is 8.98. The molecule has 1 aromatic carbocycles. The molecule has 0 radical (unpaired) electrons. The number of aliphatic carboxylic acids is 1. The molecule has 0 aliphatic rings. The molecule has 1 unspecified atom stereocenters. The molecule has 0 spiro atoms. The third-order valence-corrected chi connectivity index (χ3v) is 2.20. The van der Waals surface area contributed by atoms with Crippen LogP contribution in [0.25, 0.3) is 0 Å². The van der Waals surface area contributed by atoms with Crippen molar-refractivity contribution in [2.24, 2.45) is 5.73 Å². The molecule has 6 heteroatoms. The summed E-state index contributed by atoms with van der Waals surface area (Å²) < 4.78 is 28.6. The molecule has 1 rings (SSSR count). The summed E-state index contributed by atoms with van der Waals surface area (Å²) in [6.07, 6.45) is 0.0448. The average Bonchev–Trinajstić information content (AvgIpc) is 2.25. The van der Waals surface area contributed by atoms with Gasteiger partial charge in [-0.1, -0.05) is 18.2 Å². The van der Waals surface area contributed by atoms with Crippen molar-refractivity contribution in [1.82, 2.24) is 0 Å². The molecular formula is C11H13F2NO3. The van der Waals surface area contributed by atoms with Gasteiger partial charge in [-0.15, -0.1) is 0 Å². The molecule has 0 aliphatic carbocycles. The lowest BCUT2D eigenvalue weighted by atomic mass is 10.0. The minimum Gasteiger partial charge on any atom is -0.481 e. The quantitative estimate of drug-likeness (QED) is 0.805. The zero-order chi connectivity index (χ0) is 12.8. The summed E-state index contributed by atoms with van der Waals surface area (Å²) in [5.41, 5.74) is 6.11. The maximum atomic E-state index is 12.1. The van der Waals surface area contributed by atoms with Crippen LogP contribution in [0.3, 0.4) is 0 Å². The number of carbonyl (C=O) groups is 1. The SMILES string of the molecule is NC(CCC(=O)O)c1ccccc1OC(F)F. The summed E-state index contributed by atoms with van der Waals surface area (Å²) in [4.78, 5) is 10.4. The molecule has 0 amide bonds. The van der Waals surface area contributed by atoms with E-state index in [4.69, 9.17) is 10.8 Å². The van der Waals surface area contributed by atoms with Gasteiger partial charge in [0, 0.05) is 18.0 Å². The summed E-state index contributed by atoms with van der Waals surface area (Å²) >= 11 is 0. The summed E-state index contributed by atoms with van der Waals surface area (Å²) in [6, 6.07) is 5.47. The first kappa shape index (κ1) is 13.4. The standard InChI is InChI=1S/C11H13F2NO3/c12-11(13)17-9-4-2-1-3-7(9)8(14)5-6-10(15)16/h1-4,8,11H,5-6,14H2,(H,15,16). The van der Waals surface area contributed by atoms with E-state index in [1.54, 1.807) is 18.2 Å². The first-order valence-electron chi connectivity index (χ1n) is 5.02. The first-order valence-corrected chi connectivity index (χ1v) is 5.02. The van der Waals surface area contributed by atoms with E-state index >= 15 is 0 Å². The molecule has 17 heavy (non-hydrogen) atoms. The number of alkyl halides is 2. The van der Waals surface area contributed by atoms with Crippen LogP contribution in [0.5, 0.6) is 5.75 Å². The number of nitrogens with two attached hydrogens (primary N) is 1. The molecule has 4 nitrogen and oxygen atoms in total. The van der Waals surface area contributed by atoms with Crippen LogP contribution in [0.4, 0.5) is 8.78 Å². The molecule has 0 saturated heterocycles. The fourth-order valence-electron chi connectivity index (χ4n) is 1.42. The van der Waals surface area contributed by atoms with Crippen LogP contribution in [-0.2, 0) is 4.79 Å². The van der Waals surface area contributed by atoms with E-state index in [0.29, 0.717) is 5.56 Å². The van der Waals surface area contributed by atoms with Gasteiger partial charge >= 0.3 is 12.6 Å². The van der Waals surface area contributed by atoms with Gasteiger partial charge < -0.3 is 15.6 Å². The molecule has 1 aromatic rings. The predicted octanol–water partition coefficient (Wildman–Crippen LogP) is 2.15. The van der Waals surface area contributed by atoms with Crippen molar-refractivity contribution in [3.05, 3.63) is 29.8 Å². The number of hydrogen-bond donors (Lipinski definition) is 2. The van der Waals surface area contributed by atoms with Crippen LogP contribution >= 0.6 is 0 Å². The van der Waals surface area contributed by atoms with Gasteiger partial charge in [-0.05, 0) is 12.5 Å². The van der Waals surface area contributed by atoms with E-state index in [-0.39, 0.29) is 18.6 Å². The summed E-state index contributed by atoms with van der Waals surface area (Å²) in [6.45, 7) is -2.93.